The van der Waals surface area contributed by atoms with Gasteiger partial charge in [0.25, 0.3) is 0 Å². The van der Waals surface area contributed by atoms with Gasteiger partial charge in [-0.25, -0.2) is 0 Å². The lowest BCUT2D eigenvalue weighted by Crippen LogP contribution is -2.39. The summed E-state index contributed by atoms with van der Waals surface area (Å²) in [6.07, 6.45) is 1.73. The fraction of sp³-hybridized carbons (Fsp3) is 1.00. The summed E-state index contributed by atoms with van der Waals surface area (Å²) in [7, 11) is 3.71. The minimum absolute atomic E-state index is 0.294. The van der Waals surface area contributed by atoms with Crippen LogP contribution in [0, 0.1) is 0 Å². The number of rotatable bonds is 8. The normalized spacial score (nSPS) is 15.9. The van der Waals surface area contributed by atoms with Gasteiger partial charge in [0.05, 0.1) is 12.7 Å². The zero-order chi connectivity index (χ0) is 11.0. The van der Waals surface area contributed by atoms with Crippen LogP contribution in [-0.4, -0.2) is 56.0 Å². The van der Waals surface area contributed by atoms with Crippen LogP contribution in [-0.2, 0) is 4.74 Å². The average Bonchev–Trinajstić information content (AvgIpc) is 2.10. The maximum absolute atomic E-state index is 9.26. The van der Waals surface area contributed by atoms with Crippen molar-refractivity contribution < 1.29 is 9.84 Å². The summed E-state index contributed by atoms with van der Waals surface area (Å²) in [4.78, 5) is 2.13. The molecule has 0 radical (unpaired) electrons. The topological polar surface area (TPSA) is 58.7 Å². The summed E-state index contributed by atoms with van der Waals surface area (Å²) >= 11 is 0. The molecule has 0 aromatic rings. The van der Waals surface area contributed by atoms with Crippen LogP contribution in [0.15, 0.2) is 0 Å². The van der Waals surface area contributed by atoms with Crippen molar-refractivity contribution in [2.45, 2.75) is 31.9 Å². The van der Waals surface area contributed by atoms with Gasteiger partial charge >= 0.3 is 0 Å². The molecule has 4 heteroatoms. The molecular weight excluding hydrogens is 180 g/mol. The molecule has 0 aliphatic rings. The molecule has 86 valence electrons. The van der Waals surface area contributed by atoms with Gasteiger partial charge in [0.2, 0.25) is 0 Å². The van der Waals surface area contributed by atoms with Crippen molar-refractivity contribution in [1.29, 1.82) is 0 Å². The van der Waals surface area contributed by atoms with Crippen LogP contribution in [0.2, 0.25) is 0 Å². The number of nitrogens with two attached hydrogens (primary N) is 1. The molecule has 2 unspecified atom stereocenters. The van der Waals surface area contributed by atoms with E-state index in [1.807, 2.05) is 7.05 Å². The second-order valence-electron chi connectivity index (χ2n) is 3.83. The fourth-order valence-corrected chi connectivity index (χ4v) is 1.54. The molecule has 0 amide bonds. The van der Waals surface area contributed by atoms with Gasteiger partial charge < -0.3 is 15.6 Å². The Labute approximate surface area is 87.0 Å². The lowest BCUT2D eigenvalue weighted by molar-refractivity contribution is 0.0663. The van der Waals surface area contributed by atoms with Crippen LogP contribution < -0.4 is 5.73 Å². The maximum Gasteiger partial charge on any atom is 0.0639 e. The van der Waals surface area contributed by atoms with Gasteiger partial charge in [-0.2, -0.15) is 0 Å². The maximum atomic E-state index is 9.26. The number of nitrogens with zero attached hydrogens (tertiary/aromatic N) is 1. The number of methoxy groups -OCH3 is 1. The molecule has 0 aliphatic carbocycles. The van der Waals surface area contributed by atoms with Gasteiger partial charge in [-0.3, -0.25) is 4.90 Å². The molecule has 14 heavy (non-hydrogen) atoms. The molecule has 4 nitrogen and oxygen atoms in total. The highest BCUT2D eigenvalue weighted by molar-refractivity contribution is 4.70. The van der Waals surface area contributed by atoms with E-state index in [-0.39, 0.29) is 6.10 Å². The average molecular weight is 204 g/mol. The predicted octanol–water partition coefficient (Wildman–Crippen LogP) is 0.0529. The Hall–Kier alpha value is -0.160. The molecule has 0 heterocycles. The third kappa shape index (κ3) is 6.32. The molecule has 0 bridgehead atoms. The Morgan fingerprint density at radius 1 is 1.50 bits per heavy atom. The van der Waals surface area contributed by atoms with Crippen molar-refractivity contribution >= 4 is 0 Å². The van der Waals surface area contributed by atoms with E-state index in [9.17, 15) is 5.11 Å². The predicted molar refractivity (Wildman–Crippen MR) is 58.3 cm³/mol. The van der Waals surface area contributed by atoms with Gasteiger partial charge in [0.15, 0.2) is 0 Å². The zero-order valence-corrected chi connectivity index (χ0v) is 9.57. The summed E-state index contributed by atoms with van der Waals surface area (Å²) in [5, 5.41) is 9.26. The molecule has 0 rings (SSSR count). The van der Waals surface area contributed by atoms with Crippen molar-refractivity contribution in [3.05, 3.63) is 0 Å². The third-order valence-corrected chi connectivity index (χ3v) is 2.28. The van der Waals surface area contributed by atoms with Crippen LogP contribution in [0.1, 0.15) is 19.8 Å². The van der Waals surface area contributed by atoms with Crippen molar-refractivity contribution in [3.8, 4) is 0 Å². The van der Waals surface area contributed by atoms with Gasteiger partial charge in [-0.1, -0.05) is 0 Å². The number of hydrogen-bond acceptors (Lipinski definition) is 4. The quantitative estimate of drug-likeness (QED) is 0.587. The van der Waals surface area contributed by atoms with E-state index < -0.39 is 0 Å². The van der Waals surface area contributed by atoms with Gasteiger partial charge in [0.1, 0.15) is 0 Å². The monoisotopic (exact) mass is 204 g/mol. The highest BCUT2D eigenvalue weighted by Crippen LogP contribution is 2.06. The van der Waals surface area contributed by atoms with E-state index in [1.165, 1.54) is 0 Å². The first-order chi connectivity index (χ1) is 6.61. The first-order valence-electron chi connectivity index (χ1n) is 5.19. The first kappa shape index (κ1) is 13.8. The Kier molecular flexibility index (Phi) is 8.08. The smallest absolute Gasteiger partial charge is 0.0639 e. The number of aliphatic hydroxyl groups excluding tert-OH is 1. The SMILES string of the molecule is COCC(CCCN)N(C)CC(C)O. The molecule has 0 spiro atoms. The molecule has 0 fully saturated rings. The van der Waals surface area contributed by atoms with E-state index in [4.69, 9.17) is 10.5 Å². The molecular formula is C10H24N2O2. The highest BCUT2D eigenvalue weighted by atomic mass is 16.5. The Morgan fingerprint density at radius 2 is 2.14 bits per heavy atom. The minimum atomic E-state index is -0.294. The van der Waals surface area contributed by atoms with Crippen LogP contribution >= 0.6 is 0 Å². The van der Waals surface area contributed by atoms with E-state index in [1.54, 1.807) is 14.0 Å². The summed E-state index contributed by atoms with van der Waals surface area (Å²) in [6, 6.07) is 0.359. The second-order valence-corrected chi connectivity index (χ2v) is 3.83. The molecule has 0 aliphatic heterocycles. The fourth-order valence-electron chi connectivity index (χ4n) is 1.54. The number of hydrogen-bond donors (Lipinski definition) is 2. The number of ether oxygens (including phenoxy) is 1. The lowest BCUT2D eigenvalue weighted by Gasteiger charge is -2.28. The van der Waals surface area contributed by atoms with Crippen LogP contribution in [0.5, 0.6) is 0 Å². The van der Waals surface area contributed by atoms with Crippen molar-refractivity contribution in [2.24, 2.45) is 5.73 Å². The van der Waals surface area contributed by atoms with E-state index in [0.717, 1.165) is 12.8 Å². The molecule has 2 atom stereocenters. The Bertz CT molecular complexity index is 131. The highest BCUT2D eigenvalue weighted by Gasteiger charge is 2.15. The van der Waals surface area contributed by atoms with Crippen molar-refractivity contribution in [1.82, 2.24) is 4.90 Å². The van der Waals surface area contributed by atoms with E-state index >= 15 is 0 Å². The molecule has 3 N–H and O–H groups in total. The lowest BCUT2D eigenvalue weighted by atomic mass is 10.1. The van der Waals surface area contributed by atoms with Crippen LogP contribution in [0.25, 0.3) is 0 Å². The summed E-state index contributed by atoms with van der Waals surface area (Å²) < 4.78 is 5.14. The second kappa shape index (κ2) is 8.17. The first-order valence-corrected chi connectivity index (χ1v) is 5.19. The van der Waals surface area contributed by atoms with E-state index in [2.05, 4.69) is 4.90 Å². The van der Waals surface area contributed by atoms with Crippen molar-refractivity contribution in [3.63, 3.8) is 0 Å². The van der Waals surface area contributed by atoms with Gasteiger partial charge in [-0.05, 0) is 33.4 Å². The zero-order valence-electron chi connectivity index (χ0n) is 9.57. The van der Waals surface area contributed by atoms with Gasteiger partial charge in [0, 0.05) is 19.7 Å². The molecule has 0 aromatic heterocycles. The minimum Gasteiger partial charge on any atom is -0.392 e. The number of aliphatic hydroxyl groups is 1. The number of likely N-dealkylation sites (N-methyl/N-ethyl adjacent to an activating group) is 1. The van der Waals surface area contributed by atoms with Crippen molar-refractivity contribution in [2.75, 3.05) is 33.9 Å². The summed E-state index contributed by atoms with van der Waals surface area (Å²) in [6.45, 7) is 3.88. The largest absolute Gasteiger partial charge is 0.392 e. The van der Waals surface area contributed by atoms with Crippen LogP contribution in [0.3, 0.4) is 0 Å². The van der Waals surface area contributed by atoms with Gasteiger partial charge in [-0.15, -0.1) is 0 Å². The molecule has 0 aromatic carbocycles. The Morgan fingerprint density at radius 3 is 2.57 bits per heavy atom. The molecule has 0 saturated carbocycles. The van der Waals surface area contributed by atoms with Crippen LogP contribution in [0.4, 0.5) is 0 Å². The Balaban J connectivity index is 3.89. The van der Waals surface area contributed by atoms with E-state index in [0.29, 0.717) is 25.7 Å². The third-order valence-electron chi connectivity index (χ3n) is 2.28. The standard InChI is InChI=1S/C10H24N2O2/c1-9(13)7-12(2)10(8-14-3)5-4-6-11/h9-10,13H,4-8,11H2,1-3H3. The summed E-state index contributed by atoms with van der Waals surface area (Å²) in [5.74, 6) is 0. The summed E-state index contributed by atoms with van der Waals surface area (Å²) in [5.41, 5.74) is 5.47. The molecule has 0 saturated heterocycles.